The fourth-order valence-electron chi connectivity index (χ4n) is 1.62. The second kappa shape index (κ2) is 7.70. The van der Waals surface area contributed by atoms with Crippen molar-refractivity contribution in [2.75, 3.05) is 26.7 Å². The number of nitrogens with zero attached hydrogens (tertiary/aromatic N) is 2. The van der Waals surface area contributed by atoms with E-state index in [0.29, 0.717) is 13.1 Å². The molecule has 0 fully saturated rings. The number of carbonyl (C=O) groups excluding carboxylic acids is 1. The number of carbonyl (C=O) groups is 2. The summed E-state index contributed by atoms with van der Waals surface area (Å²) in [6.45, 7) is 4.57. The van der Waals surface area contributed by atoms with Gasteiger partial charge >= 0.3 is 5.97 Å². The van der Waals surface area contributed by atoms with Crippen molar-refractivity contribution in [3.8, 4) is 0 Å². The van der Waals surface area contributed by atoms with E-state index in [4.69, 9.17) is 5.11 Å². The average molecular weight is 282 g/mol. The van der Waals surface area contributed by atoms with Crippen LogP contribution in [-0.2, 0) is 16.1 Å². The largest absolute Gasteiger partial charge is 0.480 e. The predicted molar refractivity (Wildman–Crippen MR) is 75.1 cm³/mol. The van der Waals surface area contributed by atoms with Crippen LogP contribution < -0.4 is 0 Å². The Bertz CT molecular complexity index is 431. The fourth-order valence-corrected chi connectivity index (χ4v) is 2.34. The van der Waals surface area contributed by atoms with Gasteiger partial charge in [-0.1, -0.05) is 12.1 Å². The van der Waals surface area contributed by atoms with Gasteiger partial charge in [-0.15, -0.1) is 17.9 Å². The highest BCUT2D eigenvalue weighted by molar-refractivity contribution is 7.09. The molecule has 0 aliphatic rings. The van der Waals surface area contributed by atoms with E-state index in [9.17, 15) is 9.59 Å². The lowest BCUT2D eigenvalue weighted by Crippen LogP contribution is -2.40. The summed E-state index contributed by atoms with van der Waals surface area (Å²) in [5.74, 6) is -1.04. The number of carboxylic acid groups (broad SMARTS) is 1. The van der Waals surface area contributed by atoms with Crippen LogP contribution in [0, 0.1) is 0 Å². The average Bonchev–Trinajstić information content (AvgIpc) is 2.79. The van der Waals surface area contributed by atoms with E-state index in [1.165, 1.54) is 4.90 Å². The Morgan fingerprint density at radius 3 is 2.74 bits per heavy atom. The summed E-state index contributed by atoms with van der Waals surface area (Å²) in [5.41, 5.74) is 0. The number of likely N-dealkylation sites (N-methyl/N-ethyl adjacent to an activating group) is 1. The van der Waals surface area contributed by atoms with Gasteiger partial charge in [-0.25, -0.2) is 0 Å². The molecule has 104 valence electrons. The van der Waals surface area contributed by atoms with Crippen molar-refractivity contribution in [3.63, 3.8) is 0 Å². The molecule has 0 aromatic carbocycles. The van der Waals surface area contributed by atoms with Gasteiger partial charge in [0, 0.05) is 11.4 Å². The first-order valence-corrected chi connectivity index (χ1v) is 6.72. The van der Waals surface area contributed by atoms with Crippen LogP contribution in [0.4, 0.5) is 0 Å². The Balaban J connectivity index is 2.57. The second-order valence-electron chi connectivity index (χ2n) is 4.21. The third kappa shape index (κ3) is 5.67. The Morgan fingerprint density at radius 2 is 2.21 bits per heavy atom. The molecule has 19 heavy (non-hydrogen) atoms. The third-order valence-electron chi connectivity index (χ3n) is 2.44. The summed E-state index contributed by atoms with van der Waals surface area (Å²) in [4.78, 5) is 26.9. The van der Waals surface area contributed by atoms with Crippen LogP contribution in [0.1, 0.15) is 4.88 Å². The molecule has 1 N–H and O–H groups in total. The molecule has 6 heteroatoms. The maximum absolute atomic E-state index is 12.1. The Labute approximate surface area is 116 Å². The number of amides is 1. The smallest absolute Gasteiger partial charge is 0.317 e. The molecule has 0 saturated heterocycles. The lowest BCUT2D eigenvalue weighted by molar-refractivity contribution is -0.139. The van der Waals surface area contributed by atoms with Crippen LogP contribution in [0.5, 0.6) is 0 Å². The van der Waals surface area contributed by atoms with Crippen LogP contribution >= 0.6 is 11.3 Å². The molecule has 0 radical (unpaired) electrons. The van der Waals surface area contributed by atoms with Gasteiger partial charge < -0.3 is 10.0 Å². The summed E-state index contributed by atoms with van der Waals surface area (Å²) >= 11 is 1.59. The normalized spacial score (nSPS) is 10.4. The molecule has 0 saturated carbocycles. The number of hydrogen-bond donors (Lipinski definition) is 1. The molecule has 0 spiro atoms. The second-order valence-corrected chi connectivity index (χ2v) is 5.24. The molecule has 0 atom stereocenters. The van der Waals surface area contributed by atoms with Gasteiger partial charge in [-0.2, -0.15) is 0 Å². The molecule has 0 aliphatic carbocycles. The SMILES string of the molecule is C=CCN(Cc1cccs1)C(=O)CN(C)CC(=O)O. The van der Waals surface area contributed by atoms with E-state index >= 15 is 0 Å². The van der Waals surface area contributed by atoms with E-state index in [1.54, 1.807) is 29.4 Å². The summed E-state index contributed by atoms with van der Waals surface area (Å²) in [7, 11) is 1.61. The predicted octanol–water partition coefficient (Wildman–Crippen LogP) is 1.28. The van der Waals surface area contributed by atoms with Crippen LogP contribution in [0.3, 0.4) is 0 Å². The van der Waals surface area contributed by atoms with Crippen molar-refractivity contribution >= 4 is 23.2 Å². The number of rotatable bonds is 8. The first-order chi connectivity index (χ1) is 9.02. The molecule has 1 amide bonds. The van der Waals surface area contributed by atoms with Crippen LogP contribution in [0.25, 0.3) is 0 Å². The molecule has 1 heterocycles. The van der Waals surface area contributed by atoms with E-state index in [1.807, 2.05) is 17.5 Å². The summed E-state index contributed by atoms with van der Waals surface area (Å²) < 4.78 is 0. The van der Waals surface area contributed by atoms with E-state index < -0.39 is 5.97 Å². The molecular formula is C13H18N2O3S. The van der Waals surface area contributed by atoms with Crippen LogP contribution in [0.15, 0.2) is 30.2 Å². The Hall–Kier alpha value is -1.66. The molecule has 1 aromatic heterocycles. The van der Waals surface area contributed by atoms with Crippen molar-refractivity contribution in [2.45, 2.75) is 6.54 Å². The molecule has 1 aromatic rings. The molecule has 5 nitrogen and oxygen atoms in total. The molecule has 0 bridgehead atoms. The first kappa shape index (κ1) is 15.4. The molecular weight excluding hydrogens is 264 g/mol. The summed E-state index contributed by atoms with van der Waals surface area (Å²) in [6, 6.07) is 3.90. The van der Waals surface area contributed by atoms with Crippen molar-refractivity contribution in [1.82, 2.24) is 9.80 Å². The van der Waals surface area contributed by atoms with Crippen molar-refractivity contribution in [1.29, 1.82) is 0 Å². The van der Waals surface area contributed by atoms with Gasteiger partial charge in [-0.3, -0.25) is 14.5 Å². The van der Waals surface area contributed by atoms with E-state index in [2.05, 4.69) is 6.58 Å². The highest BCUT2D eigenvalue weighted by Crippen LogP contribution is 2.12. The maximum Gasteiger partial charge on any atom is 0.317 e. The fraction of sp³-hybridized carbons (Fsp3) is 0.385. The van der Waals surface area contributed by atoms with Crippen molar-refractivity contribution in [3.05, 3.63) is 35.0 Å². The minimum atomic E-state index is -0.941. The lowest BCUT2D eigenvalue weighted by atomic mass is 10.3. The molecule has 0 unspecified atom stereocenters. The third-order valence-corrected chi connectivity index (χ3v) is 3.30. The Kier molecular flexibility index (Phi) is 6.24. The number of carboxylic acids is 1. The zero-order valence-corrected chi connectivity index (χ0v) is 11.7. The zero-order valence-electron chi connectivity index (χ0n) is 10.9. The van der Waals surface area contributed by atoms with Crippen molar-refractivity contribution < 1.29 is 14.7 Å². The van der Waals surface area contributed by atoms with Gasteiger partial charge in [-0.05, 0) is 18.5 Å². The van der Waals surface area contributed by atoms with E-state index in [0.717, 1.165) is 4.88 Å². The van der Waals surface area contributed by atoms with Gasteiger partial charge in [0.2, 0.25) is 5.91 Å². The monoisotopic (exact) mass is 282 g/mol. The van der Waals surface area contributed by atoms with Gasteiger partial charge in [0.15, 0.2) is 0 Å². The Morgan fingerprint density at radius 1 is 1.47 bits per heavy atom. The maximum atomic E-state index is 12.1. The van der Waals surface area contributed by atoms with Gasteiger partial charge in [0.1, 0.15) is 0 Å². The quantitative estimate of drug-likeness (QED) is 0.730. The highest BCUT2D eigenvalue weighted by Gasteiger charge is 2.16. The first-order valence-electron chi connectivity index (χ1n) is 5.84. The topological polar surface area (TPSA) is 60.9 Å². The minimum absolute atomic E-state index is 0.0888. The minimum Gasteiger partial charge on any atom is -0.480 e. The molecule has 1 rings (SSSR count). The number of thiophene rings is 1. The van der Waals surface area contributed by atoms with Gasteiger partial charge in [0.25, 0.3) is 0 Å². The number of aliphatic carboxylic acids is 1. The standard InChI is InChI=1S/C13H18N2O3S/c1-3-6-15(8-11-5-4-7-19-11)12(16)9-14(2)10-13(17)18/h3-5,7H,1,6,8-10H2,2H3,(H,17,18). The van der Waals surface area contributed by atoms with Gasteiger partial charge in [0.05, 0.1) is 19.6 Å². The van der Waals surface area contributed by atoms with Crippen LogP contribution in [0.2, 0.25) is 0 Å². The number of hydrogen-bond acceptors (Lipinski definition) is 4. The van der Waals surface area contributed by atoms with E-state index in [-0.39, 0.29) is 19.0 Å². The van der Waals surface area contributed by atoms with Crippen LogP contribution in [-0.4, -0.2) is 53.5 Å². The van der Waals surface area contributed by atoms with Crippen molar-refractivity contribution in [2.24, 2.45) is 0 Å². The lowest BCUT2D eigenvalue weighted by Gasteiger charge is -2.23. The zero-order chi connectivity index (χ0) is 14.3. The highest BCUT2D eigenvalue weighted by atomic mass is 32.1. The summed E-state index contributed by atoms with van der Waals surface area (Å²) in [5, 5.41) is 10.6. The molecule has 0 aliphatic heterocycles. The summed E-state index contributed by atoms with van der Waals surface area (Å²) in [6.07, 6.45) is 1.67.